The minimum Gasteiger partial charge on any atom is -0.395 e. The quantitative estimate of drug-likeness (QED) is 0.465. The van der Waals surface area contributed by atoms with E-state index < -0.39 is 17.5 Å². The standard InChI is InChI=1S/C7H8N3O3/c1-3-13-10-6(4-8)7(12)9-5(2)11/h2-3H2,1H3,(H,9,11,12). The summed E-state index contributed by atoms with van der Waals surface area (Å²) in [5, 5.41) is 13.3. The first-order chi connectivity index (χ1) is 6.11. The van der Waals surface area contributed by atoms with Gasteiger partial charge in [0.25, 0.3) is 5.91 Å². The number of nitrogens with zero attached hydrogens (tertiary/aromatic N) is 2. The molecule has 0 bridgehead atoms. The van der Waals surface area contributed by atoms with E-state index in [1.807, 2.05) is 0 Å². The molecule has 0 unspecified atom stereocenters. The Morgan fingerprint density at radius 3 is 2.69 bits per heavy atom. The summed E-state index contributed by atoms with van der Waals surface area (Å²) >= 11 is 0. The van der Waals surface area contributed by atoms with E-state index in [1.54, 1.807) is 12.2 Å². The molecule has 0 spiro atoms. The topological polar surface area (TPSA) is 91.6 Å². The van der Waals surface area contributed by atoms with E-state index in [9.17, 15) is 9.59 Å². The van der Waals surface area contributed by atoms with Crippen LogP contribution in [0.2, 0.25) is 0 Å². The van der Waals surface area contributed by atoms with Crippen LogP contribution in [0.25, 0.3) is 0 Å². The maximum Gasteiger partial charge on any atom is 0.290 e. The minimum atomic E-state index is -0.920. The van der Waals surface area contributed by atoms with Crippen molar-refractivity contribution in [2.24, 2.45) is 5.16 Å². The molecule has 0 saturated heterocycles. The van der Waals surface area contributed by atoms with Gasteiger partial charge in [-0.25, -0.2) is 0 Å². The highest BCUT2D eigenvalue weighted by Gasteiger charge is 2.12. The Morgan fingerprint density at radius 2 is 2.31 bits per heavy atom. The van der Waals surface area contributed by atoms with Crippen molar-refractivity contribution in [3.63, 3.8) is 0 Å². The molecule has 0 aromatic rings. The van der Waals surface area contributed by atoms with Gasteiger partial charge in [-0.3, -0.25) is 14.9 Å². The molecule has 0 atom stereocenters. The monoisotopic (exact) mass is 182 g/mol. The molecule has 0 aliphatic rings. The highest BCUT2D eigenvalue weighted by atomic mass is 16.6. The average molecular weight is 182 g/mol. The van der Waals surface area contributed by atoms with E-state index in [1.165, 1.54) is 6.07 Å². The second kappa shape index (κ2) is 5.71. The maximum absolute atomic E-state index is 10.9. The second-order valence-electron chi connectivity index (χ2n) is 1.85. The van der Waals surface area contributed by atoms with Crippen LogP contribution in [0.5, 0.6) is 0 Å². The van der Waals surface area contributed by atoms with Crippen molar-refractivity contribution in [1.29, 1.82) is 5.26 Å². The van der Waals surface area contributed by atoms with Gasteiger partial charge in [-0.2, -0.15) is 5.26 Å². The zero-order valence-electron chi connectivity index (χ0n) is 7.03. The molecule has 0 aromatic heterocycles. The van der Waals surface area contributed by atoms with Gasteiger partial charge in [-0.1, -0.05) is 5.16 Å². The van der Waals surface area contributed by atoms with Gasteiger partial charge in [0, 0.05) is 6.92 Å². The van der Waals surface area contributed by atoms with Crippen molar-refractivity contribution >= 4 is 17.5 Å². The lowest BCUT2D eigenvalue weighted by Gasteiger charge is -1.97. The number of rotatable bonds is 3. The Balaban J connectivity index is 4.34. The third-order valence-electron chi connectivity index (χ3n) is 0.859. The molecule has 0 aliphatic carbocycles. The lowest BCUT2D eigenvalue weighted by atomic mass is 10.4. The van der Waals surface area contributed by atoms with Crippen LogP contribution in [0.15, 0.2) is 5.16 Å². The first-order valence-electron chi connectivity index (χ1n) is 3.39. The van der Waals surface area contributed by atoms with Crippen LogP contribution < -0.4 is 5.32 Å². The van der Waals surface area contributed by atoms with Gasteiger partial charge in [0.05, 0.1) is 0 Å². The fraction of sp³-hybridized carbons (Fsp3) is 0.286. The van der Waals surface area contributed by atoms with Gasteiger partial charge in [-0.15, -0.1) is 0 Å². The number of nitrogens with one attached hydrogen (secondary N) is 1. The Labute approximate surface area is 75.2 Å². The molecule has 13 heavy (non-hydrogen) atoms. The zero-order chi connectivity index (χ0) is 10.3. The molecule has 0 rings (SSSR count). The Kier molecular flexibility index (Phi) is 4.88. The minimum absolute atomic E-state index is 0.233. The summed E-state index contributed by atoms with van der Waals surface area (Å²) in [5.74, 6) is -1.72. The number of hydrogen-bond donors (Lipinski definition) is 1. The smallest absolute Gasteiger partial charge is 0.290 e. The van der Waals surface area contributed by atoms with Crippen LogP contribution in [-0.4, -0.2) is 24.1 Å². The molecule has 6 heteroatoms. The largest absolute Gasteiger partial charge is 0.395 e. The van der Waals surface area contributed by atoms with Crippen molar-refractivity contribution in [2.45, 2.75) is 6.92 Å². The van der Waals surface area contributed by atoms with Gasteiger partial charge in [-0.05, 0) is 6.92 Å². The number of oxime groups is 1. The highest BCUT2D eigenvalue weighted by Crippen LogP contribution is 1.81. The molecule has 0 aromatic carbocycles. The first-order valence-corrected chi connectivity index (χ1v) is 3.39. The Hall–Kier alpha value is -1.90. The second-order valence-corrected chi connectivity index (χ2v) is 1.85. The van der Waals surface area contributed by atoms with Crippen molar-refractivity contribution in [2.75, 3.05) is 6.61 Å². The molecule has 1 N–H and O–H groups in total. The van der Waals surface area contributed by atoms with Crippen molar-refractivity contribution in [1.82, 2.24) is 5.32 Å². The fourth-order valence-electron chi connectivity index (χ4n) is 0.428. The lowest BCUT2D eigenvalue weighted by molar-refractivity contribution is -0.124. The number of carbonyl (C=O) groups excluding carboxylic acids is 2. The van der Waals surface area contributed by atoms with Crippen molar-refractivity contribution < 1.29 is 14.4 Å². The van der Waals surface area contributed by atoms with E-state index in [-0.39, 0.29) is 6.61 Å². The maximum atomic E-state index is 10.9. The molecule has 1 radical (unpaired) electrons. The molecular formula is C7H8N3O3. The number of amides is 2. The molecule has 0 aliphatic heterocycles. The predicted octanol–water partition coefficient (Wildman–Crippen LogP) is -0.621. The van der Waals surface area contributed by atoms with E-state index in [0.29, 0.717) is 0 Å². The van der Waals surface area contributed by atoms with Crippen molar-refractivity contribution in [3.8, 4) is 6.07 Å². The summed E-state index contributed by atoms with van der Waals surface area (Å²) in [4.78, 5) is 25.6. The normalized spacial score (nSPS) is 10.1. The molecule has 0 fully saturated rings. The summed E-state index contributed by atoms with van der Waals surface area (Å²) in [7, 11) is 0. The van der Waals surface area contributed by atoms with Gasteiger partial charge >= 0.3 is 0 Å². The highest BCUT2D eigenvalue weighted by molar-refractivity contribution is 6.46. The van der Waals surface area contributed by atoms with E-state index in [0.717, 1.165) is 0 Å². The molecule has 2 amide bonds. The van der Waals surface area contributed by atoms with Gasteiger partial charge in [0.2, 0.25) is 11.6 Å². The van der Waals surface area contributed by atoms with Crippen LogP contribution in [0.3, 0.4) is 0 Å². The summed E-state index contributed by atoms with van der Waals surface area (Å²) in [5.41, 5.74) is -0.515. The molecule has 0 saturated carbocycles. The van der Waals surface area contributed by atoms with Gasteiger partial charge in [0.1, 0.15) is 12.7 Å². The fourth-order valence-corrected chi connectivity index (χ4v) is 0.428. The van der Waals surface area contributed by atoms with Crippen LogP contribution in [-0.2, 0) is 14.4 Å². The molecule has 6 nitrogen and oxygen atoms in total. The number of carbonyl (C=O) groups is 2. The van der Waals surface area contributed by atoms with Crippen LogP contribution in [0.4, 0.5) is 0 Å². The molecule has 0 heterocycles. The third kappa shape index (κ3) is 4.53. The van der Waals surface area contributed by atoms with E-state index in [4.69, 9.17) is 5.26 Å². The summed E-state index contributed by atoms with van der Waals surface area (Å²) in [6.07, 6.45) is 0. The Morgan fingerprint density at radius 1 is 1.69 bits per heavy atom. The van der Waals surface area contributed by atoms with E-state index in [2.05, 4.69) is 16.9 Å². The van der Waals surface area contributed by atoms with Crippen LogP contribution in [0, 0.1) is 18.3 Å². The number of nitriles is 1. The number of imide groups is 1. The molecular weight excluding hydrogens is 174 g/mol. The Bertz CT molecular complexity index is 277. The predicted molar refractivity (Wildman–Crippen MR) is 43.2 cm³/mol. The van der Waals surface area contributed by atoms with Crippen molar-refractivity contribution in [3.05, 3.63) is 6.92 Å². The summed E-state index contributed by atoms with van der Waals surface area (Å²) < 4.78 is 0. The van der Waals surface area contributed by atoms with Gasteiger partial charge in [0.15, 0.2) is 0 Å². The molecule has 69 valence electrons. The summed E-state index contributed by atoms with van der Waals surface area (Å²) in [6.45, 7) is 4.77. The van der Waals surface area contributed by atoms with Crippen LogP contribution >= 0.6 is 0 Å². The van der Waals surface area contributed by atoms with Gasteiger partial charge < -0.3 is 4.84 Å². The number of hydrogen-bond acceptors (Lipinski definition) is 5. The zero-order valence-corrected chi connectivity index (χ0v) is 7.03. The first kappa shape index (κ1) is 11.1. The summed E-state index contributed by atoms with van der Waals surface area (Å²) in [6, 6.07) is 1.47. The van der Waals surface area contributed by atoms with Crippen LogP contribution in [0.1, 0.15) is 6.92 Å². The third-order valence-corrected chi connectivity index (χ3v) is 0.859. The average Bonchev–Trinajstić information content (AvgIpc) is 2.04. The van der Waals surface area contributed by atoms with E-state index >= 15 is 0 Å². The lowest BCUT2D eigenvalue weighted by Crippen LogP contribution is -2.34. The SMILES string of the molecule is [CH2]C(=O)NC(=O)C(C#N)=NOCC.